The summed E-state index contributed by atoms with van der Waals surface area (Å²) in [5, 5.41) is 38.7. The van der Waals surface area contributed by atoms with Gasteiger partial charge in [-0.05, 0) is 50.7 Å². The van der Waals surface area contributed by atoms with Crippen molar-refractivity contribution in [3.05, 3.63) is 64.7 Å². The van der Waals surface area contributed by atoms with Crippen LogP contribution in [0.3, 0.4) is 0 Å². The Bertz CT molecular complexity index is 2230. The number of likely N-dealkylation sites (N-methyl/N-ethyl adjacent to an activating group) is 2. The smallest absolute Gasteiger partial charge is 0.317 e. The summed E-state index contributed by atoms with van der Waals surface area (Å²) < 4.78 is 86.5. The highest BCUT2D eigenvalue weighted by Crippen LogP contribution is 2.27. The number of halogens is 4. The zero-order valence-electron chi connectivity index (χ0n) is 46.4. The number of hydrogen-bond donors (Lipinski definition) is 4. The fraction of sp³-hybridized carbons (Fsp3) is 0.648. The van der Waals surface area contributed by atoms with E-state index in [0.717, 1.165) is 11.1 Å². The summed E-state index contributed by atoms with van der Waals surface area (Å²) in [6, 6.07) is 7.08. The van der Waals surface area contributed by atoms with Crippen molar-refractivity contribution in [1.82, 2.24) is 29.4 Å². The molecule has 27 heteroatoms. The summed E-state index contributed by atoms with van der Waals surface area (Å²) in [5.41, 5.74) is 1.75. The van der Waals surface area contributed by atoms with Crippen LogP contribution in [0.2, 0.25) is 0 Å². The van der Waals surface area contributed by atoms with Crippen LogP contribution in [0.1, 0.15) is 57.1 Å². The van der Waals surface area contributed by atoms with Gasteiger partial charge in [-0.15, -0.1) is 0 Å². The first kappa shape index (κ1) is 69.4. The summed E-state index contributed by atoms with van der Waals surface area (Å²) in [4.78, 5) is 95.0. The number of nitrogens with zero attached hydrogens (tertiary/aromatic N) is 6. The van der Waals surface area contributed by atoms with E-state index in [9.17, 15) is 71.5 Å². The minimum absolute atomic E-state index is 0.00699. The van der Waals surface area contributed by atoms with E-state index in [2.05, 4.69) is 4.74 Å². The van der Waals surface area contributed by atoms with E-state index in [1.54, 1.807) is 36.3 Å². The van der Waals surface area contributed by atoms with Gasteiger partial charge in [0, 0.05) is 103 Å². The number of rotatable bonds is 39. The van der Waals surface area contributed by atoms with E-state index in [-0.39, 0.29) is 129 Å². The maximum atomic E-state index is 13.7. The van der Waals surface area contributed by atoms with Crippen molar-refractivity contribution in [3.8, 4) is 5.75 Å². The maximum absolute atomic E-state index is 13.7. The average molecular weight is 1160 g/mol. The van der Waals surface area contributed by atoms with E-state index in [4.69, 9.17) is 23.7 Å². The number of carboxylic acid groups (broad SMARTS) is 4. The number of amides is 2. The molecule has 0 aliphatic carbocycles. The number of esters is 1. The first-order valence-electron chi connectivity index (χ1n) is 27.1. The van der Waals surface area contributed by atoms with Gasteiger partial charge in [-0.3, -0.25) is 53.2 Å². The van der Waals surface area contributed by atoms with Crippen LogP contribution in [0.4, 0.5) is 17.6 Å². The first-order valence-corrected chi connectivity index (χ1v) is 27.1. The molecule has 1 fully saturated rings. The molecule has 23 nitrogen and oxygen atoms in total. The molecule has 81 heavy (non-hydrogen) atoms. The lowest BCUT2D eigenvalue weighted by molar-refractivity contribution is -0.142. The van der Waals surface area contributed by atoms with Crippen LogP contribution in [0.25, 0.3) is 0 Å². The molecule has 0 radical (unpaired) electrons. The molecule has 0 spiro atoms. The Hall–Kier alpha value is -5.91. The summed E-state index contributed by atoms with van der Waals surface area (Å²) in [6.45, 7) is 8.46. The molecule has 3 rings (SSSR count). The highest BCUT2D eigenvalue weighted by atomic mass is 19.2. The first-order chi connectivity index (χ1) is 38.8. The second-order valence-electron chi connectivity index (χ2n) is 19.0. The van der Waals surface area contributed by atoms with E-state index < -0.39 is 64.9 Å². The number of carbonyl (C=O) groups is 7. The van der Waals surface area contributed by atoms with Crippen molar-refractivity contribution in [3.63, 3.8) is 0 Å². The van der Waals surface area contributed by atoms with Gasteiger partial charge in [0.15, 0.2) is 11.6 Å². The average Bonchev–Trinajstić information content (AvgIpc) is 3.45. The van der Waals surface area contributed by atoms with Gasteiger partial charge < -0.3 is 58.6 Å². The van der Waals surface area contributed by atoms with Crippen LogP contribution >= 0.6 is 0 Å². The summed E-state index contributed by atoms with van der Waals surface area (Å²) >= 11 is 0. The fourth-order valence-electron chi connectivity index (χ4n) is 8.64. The lowest BCUT2D eigenvalue weighted by Gasteiger charge is -2.37. The van der Waals surface area contributed by atoms with Crippen molar-refractivity contribution in [2.24, 2.45) is 0 Å². The van der Waals surface area contributed by atoms with Crippen LogP contribution in [-0.2, 0) is 70.1 Å². The Kier molecular flexibility index (Phi) is 33.8. The van der Waals surface area contributed by atoms with Gasteiger partial charge in [0.05, 0.1) is 92.2 Å². The highest BCUT2D eigenvalue weighted by Gasteiger charge is 2.28. The Balaban J connectivity index is 1.27. The minimum Gasteiger partial charge on any atom is -0.480 e. The number of carboxylic acids is 4. The molecule has 0 aromatic heterocycles. The standard InChI is InChI=1S/C54H80F4N6O17/c1-3-62(45(65)7-5-6-8-51(75)81-54-52(57)43(55)34-44(56)53(54)58)21-23-76-25-27-78-29-31-80-32-30-79-28-26-77-24-22-63(4-2)46(66)14-13-40-9-11-41(12-10-40)33-42-35-61(38-49(71)72)18-17-59(36-47(67)68)15-16-60(37-48(69)70)19-20-64(42)39-50(73)74/h9-12,34,42H,3-8,13-33,35-39H2,1-2H3,(H,67,68)(H,69,70)(H,71,72)(H,73,74)/t42-/m0/s1. The molecule has 1 aliphatic heterocycles. The number of hydrogen-bond acceptors (Lipinski definition) is 17. The Morgan fingerprint density at radius 2 is 0.914 bits per heavy atom. The third kappa shape index (κ3) is 29.1. The van der Waals surface area contributed by atoms with Gasteiger partial charge in [-0.1, -0.05) is 24.3 Å². The minimum atomic E-state index is -1.81. The summed E-state index contributed by atoms with van der Waals surface area (Å²) in [7, 11) is 0. The van der Waals surface area contributed by atoms with Gasteiger partial charge in [0.25, 0.3) is 0 Å². The predicted octanol–water partition coefficient (Wildman–Crippen LogP) is 2.59. The van der Waals surface area contributed by atoms with Crippen LogP contribution in [0.5, 0.6) is 5.75 Å². The van der Waals surface area contributed by atoms with Crippen molar-refractivity contribution in [1.29, 1.82) is 0 Å². The maximum Gasteiger partial charge on any atom is 0.317 e. The molecule has 1 saturated heterocycles. The van der Waals surface area contributed by atoms with E-state index in [1.807, 2.05) is 31.2 Å². The van der Waals surface area contributed by atoms with Crippen molar-refractivity contribution < 1.29 is 100.0 Å². The molecule has 2 aromatic rings. The van der Waals surface area contributed by atoms with Crippen LogP contribution in [0.15, 0.2) is 30.3 Å². The van der Waals surface area contributed by atoms with Crippen LogP contribution in [-0.4, -0.2) is 262 Å². The molecule has 4 N–H and O–H groups in total. The molecule has 2 amide bonds. The van der Waals surface area contributed by atoms with Gasteiger partial charge in [-0.2, -0.15) is 8.78 Å². The number of benzene rings is 2. The second-order valence-corrected chi connectivity index (χ2v) is 19.0. The predicted molar refractivity (Wildman–Crippen MR) is 283 cm³/mol. The summed E-state index contributed by atoms with van der Waals surface area (Å²) in [6.07, 6.45) is 1.23. The SMILES string of the molecule is CCN(CCOCCOCCOCCOCCOCCN(CC)C(=O)CCc1ccc(C[C@H]2CN(CC(=O)O)CCN(CC(=O)O)CCN(CC(=O)O)CCN2CC(=O)O)cc1)C(=O)CCCCC(=O)Oc1c(F)c(F)cc(F)c1F. The molecule has 0 bridgehead atoms. The zero-order valence-corrected chi connectivity index (χ0v) is 46.4. The number of aryl methyl sites for hydroxylation is 1. The largest absolute Gasteiger partial charge is 0.480 e. The molecule has 1 atom stereocenters. The Morgan fingerprint density at radius 1 is 0.519 bits per heavy atom. The van der Waals surface area contributed by atoms with Crippen molar-refractivity contribution in [2.45, 2.75) is 64.8 Å². The van der Waals surface area contributed by atoms with Crippen LogP contribution < -0.4 is 4.74 Å². The van der Waals surface area contributed by atoms with E-state index in [0.29, 0.717) is 98.5 Å². The highest BCUT2D eigenvalue weighted by molar-refractivity contribution is 5.77. The molecule has 0 unspecified atom stereocenters. The molecule has 456 valence electrons. The Labute approximate surface area is 469 Å². The lowest BCUT2D eigenvalue weighted by Crippen LogP contribution is -2.53. The quantitative estimate of drug-likeness (QED) is 0.0246. The number of aliphatic carboxylic acids is 4. The van der Waals surface area contributed by atoms with Gasteiger partial charge in [0.1, 0.15) is 0 Å². The Morgan fingerprint density at radius 3 is 1.37 bits per heavy atom. The van der Waals surface area contributed by atoms with E-state index in [1.165, 1.54) is 0 Å². The molecular weight excluding hydrogens is 1080 g/mol. The number of ether oxygens (including phenoxy) is 6. The number of unbranched alkanes of at least 4 members (excludes halogenated alkanes) is 1. The zero-order chi connectivity index (χ0) is 59.5. The monoisotopic (exact) mass is 1160 g/mol. The van der Waals surface area contributed by atoms with E-state index >= 15 is 0 Å². The summed E-state index contributed by atoms with van der Waals surface area (Å²) in [5.74, 6) is -14.1. The molecule has 1 heterocycles. The normalized spacial score (nSPS) is 15.2. The van der Waals surface area contributed by atoms with Crippen LogP contribution in [0, 0.1) is 23.3 Å². The topological polar surface area (TPSA) is 275 Å². The molecular formula is C54H80F4N6O17. The third-order valence-electron chi connectivity index (χ3n) is 13.0. The molecule has 2 aromatic carbocycles. The molecule has 0 saturated carbocycles. The van der Waals surface area contributed by atoms with Crippen molar-refractivity contribution >= 4 is 41.7 Å². The lowest BCUT2D eigenvalue weighted by atomic mass is 10.0. The van der Waals surface area contributed by atoms with Crippen molar-refractivity contribution in [2.75, 3.05) is 164 Å². The van der Waals surface area contributed by atoms with Gasteiger partial charge in [0.2, 0.25) is 29.2 Å². The van der Waals surface area contributed by atoms with Gasteiger partial charge in [-0.25, -0.2) is 8.78 Å². The van der Waals surface area contributed by atoms with Gasteiger partial charge >= 0.3 is 29.8 Å². The number of carbonyl (C=O) groups excluding carboxylic acids is 3. The molecule has 1 aliphatic rings. The second kappa shape index (κ2) is 39.5. The fourth-order valence-corrected chi connectivity index (χ4v) is 8.64. The third-order valence-corrected chi connectivity index (χ3v) is 13.0.